The van der Waals surface area contributed by atoms with Crippen molar-refractivity contribution in [3.8, 4) is 0 Å². The van der Waals surface area contributed by atoms with Crippen LogP contribution >= 0.6 is 31.9 Å². The SMILES string of the molecule is C=C[CH2-].I.[Pd].c1ccc(P(c2ccccc2)c2ccccc2)cc1. The minimum absolute atomic E-state index is 0. The fourth-order valence-electron chi connectivity index (χ4n) is 2.18. The van der Waals surface area contributed by atoms with Crippen molar-refractivity contribution in [2.24, 2.45) is 0 Å². The normalized spacial score (nSPS) is 8.88. The summed E-state index contributed by atoms with van der Waals surface area (Å²) in [5, 5.41) is 4.19. The molecule has 0 aliphatic heterocycles. The van der Waals surface area contributed by atoms with E-state index in [0.717, 1.165) is 0 Å². The Hall–Kier alpha value is -0.908. The maximum atomic E-state index is 3.25. The standard InChI is InChI=1S/C18H15P.C3H5.HI.Pd/c1-4-10-16(11-5-1)19(17-12-6-2-7-13-17)18-14-8-3-9-15-18;1-3-2;;/h1-15H;3H,1-2H2;1H;/q;-1;;. The van der Waals surface area contributed by atoms with Crippen molar-refractivity contribution < 1.29 is 20.4 Å². The molecule has 3 aromatic rings. The van der Waals surface area contributed by atoms with Gasteiger partial charge in [-0.05, 0) is 23.8 Å². The van der Waals surface area contributed by atoms with Crippen molar-refractivity contribution in [3.63, 3.8) is 0 Å². The van der Waals surface area contributed by atoms with Crippen molar-refractivity contribution in [2.45, 2.75) is 0 Å². The van der Waals surface area contributed by atoms with E-state index in [1.807, 2.05) is 0 Å². The molecule has 0 nitrogen and oxygen atoms in total. The molecule has 3 heteroatoms. The average molecular weight is 538 g/mol. The Bertz CT molecular complexity index is 578. The van der Waals surface area contributed by atoms with Gasteiger partial charge in [-0.15, -0.1) is 24.0 Å². The first-order valence-corrected chi connectivity index (χ1v) is 8.56. The van der Waals surface area contributed by atoms with Gasteiger partial charge in [0.2, 0.25) is 0 Å². The second kappa shape index (κ2) is 13.4. The van der Waals surface area contributed by atoms with E-state index in [4.69, 9.17) is 0 Å². The van der Waals surface area contributed by atoms with Gasteiger partial charge in [0.05, 0.1) is 0 Å². The Kier molecular flexibility index (Phi) is 12.9. The number of hydrogen-bond acceptors (Lipinski definition) is 0. The Morgan fingerprint density at radius 2 is 0.833 bits per heavy atom. The molecule has 0 fully saturated rings. The van der Waals surface area contributed by atoms with Crippen LogP contribution in [-0.4, -0.2) is 0 Å². The second-order valence-corrected chi connectivity index (χ2v) is 6.85. The Morgan fingerprint density at radius 1 is 0.625 bits per heavy atom. The van der Waals surface area contributed by atoms with Gasteiger partial charge in [-0.25, -0.2) is 19.6 Å². The zero-order valence-corrected chi connectivity index (χ0v) is 18.1. The third kappa shape index (κ3) is 6.91. The average Bonchev–Trinajstić information content (AvgIpc) is 2.59. The van der Waals surface area contributed by atoms with Gasteiger partial charge in [0.25, 0.3) is 0 Å². The summed E-state index contributed by atoms with van der Waals surface area (Å²) in [6, 6.07) is 32.3. The van der Waals surface area contributed by atoms with E-state index in [9.17, 15) is 0 Å². The van der Waals surface area contributed by atoms with E-state index < -0.39 is 7.92 Å². The largest absolute Gasteiger partial charge is 0.245 e. The van der Waals surface area contributed by atoms with E-state index in [1.54, 1.807) is 0 Å². The molecular weight excluding hydrogens is 517 g/mol. The fraction of sp³-hybridized carbons (Fsp3) is 0. The molecule has 0 aliphatic rings. The van der Waals surface area contributed by atoms with Gasteiger partial charge in [0.15, 0.2) is 0 Å². The second-order valence-electron chi connectivity index (χ2n) is 4.63. The Balaban J connectivity index is 0.000000988. The number of rotatable bonds is 3. The summed E-state index contributed by atoms with van der Waals surface area (Å²) in [4.78, 5) is 0. The van der Waals surface area contributed by atoms with Crippen LogP contribution in [0.5, 0.6) is 0 Å². The molecule has 0 saturated carbocycles. The number of allylic oxidation sites excluding steroid dienone is 1. The molecule has 0 amide bonds. The van der Waals surface area contributed by atoms with Gasteiger partial charge in [-0.1, -0.05) is 91.0 Å². The molecule has 0 saturated heterocycles. The predicted octanol–water partition coefficient (Wildman–Crippen LogP) is 5.07. The zero-order chi connectivity index (χ0) is 15.6. The minimum atomic E-state index is -0.446. The van der Waals surface area contributed by atoms with Crippen molar-refractivity contribution in [1.82, 2.24) is 0 Å². The Morgan fingerprint density at radius 3 is 1.04 bits per heavy atom. The monoisotopic (exact) mass is 537 g/mol. The van der Waals surface area contributed by atoms with Crippen LogP contribution in [0.2, 0.25) is 0 Å². The molecule has 0 N–H and O–H groups in total. The summed E-state index contributed by atoms with van der Waals surface area (Å²) in [5.41, 5.74) is 0. The minimum Gasteiger partial charge on any atom is -0.245 e. The van der Waals surface area contributed by atoms with Crippen molar-refractivity contribution in [3.05, 3.63) is 111 Å². The molecular formula is C21H21IPPd-. The first kappa shape index (κ1) is 23.1. The molecule has 0 aromatic heterocycles. The quantitative estimate of drug-likeness (QED) is 0.190. The molecule has 0 radical (unpaired) electrons. The summed E-state index contributed by atoms with van der Waals surface area (Å²) >= 11 is 0. The molecule has 0 heterocycles. The molecule has 0 atom stereocenters. The maximum Gasteiger partial charge on any atom is 0 e. The molecule has 0 spiro atoms. The van der Waals surface area contributed by atoms with Crippen LogP contribution in [0.1, 0.15) is 0 Å². The van der Waals surface area contributed by atoms with E-state index >= 15 is 0 Å². The van der Waals surface area contributed by atoms with Crippen molar-refractivity contribution in [1.29, 1.82) is 0 Å². The first-order valence-electron chi connectivity index (χ1n) is 7.22. The van der Waals surface area contributed by atoms with Crippen molar-refractivity contribution >= 4 is 47.8 Å². The van der Waals surface area contributed by atoms with E-state index in [1.165, 1.54) is 22.0 Å². The van der Waals surface area contributed by atoms with Gasteiger partial charge >= 0.3 is 0 Å². The van der Waals surface area contributed by atoms with Gasteiger partial charge in [-0.2, -0.15) is 0 Å². The van der Waals surface area contributed by atoms with Gasteiger partial charge < -0.3 is 0 Å². The summed E-state index contributed by atoms with van der Waals surface area (Å²) in [6.07, 6.45) is 1.50. The van der Waals surface area contributed by atoms with Gasteiger partial charge in [0, 0.05) is 20.4 Å². The zero-order valence-electron chi connectivity index (χ0n) is 13.3. The van der Waals surface area contributed by atoms with Crippen LogP contribution in [-0.2, 0) is 20.4 Å². The fourth-order valence-corrected chi connectivity index (χ4v) is 4.48. The van der Waals surface area contributed by atoms with Gasteiger partial charge in [-0.3, -0.25) is 0 Å². The number of benzene rings is 3. The number of hydrogen-bond donors (Lipinski definition) is 0. The number of halogens is 1. The van der Waals surface area contributed by atoms with Crippen LogP contribution in [0.15, 0.2) is 104 Å². The van der Waals surface area contributed by atoms with E-state index in [0.29, 0.717) is 0 Å². The molecule has 0 unspecified atom stereocenters. The molecule has 3 aromatic carbocycles. The van der Waals surface area contributed by atoms with Crippen LogP contribution in [0.25, 0.3) is 0 Å². The van der Waals surface area contributed by atoms with E-state index in [2.05, 4.69) is 104 Å². The molecule has 0 bridgehead atoms. The first-order chi connectivity index (χ1) is 10.9. The molecule has 128 valence electrons. The van der Waals surface area contributed by atoms with E-state index in [-0.39, 0.29) is 44.4 Å². The topological polar surface area (TPSA) is 0 Å². The van der Waals surface area contributed by atoms with Crippen LogP contribution < -0.4 is 15.9 Å². The molecule has 24 heavy (non-hydrogen) atoms. The van der Waals surface area contributed by atoms with Crippen LogP contribution in [0.3, 0.4) is 0 Å². The third-order valence-electron chi connectivity index (χ3n) is 3.04. The smallest absolute Gasteiger partial charge is 0 e. The Labute approximate surface area is 177 Å². The van der Waals surface area contributed by atoms with Gasteiger partial charge in [0.1, 0.15) is 0 Å². The third-order valence-corrected chi connectivity index (χ3v) is 5.49. The summed E-state index contributed by atoms with van der Waals surface area (Å²) < 4.78 is 0. The van der Waals surface area contributed by atoms with Crippen LogP contribution in [0.4, 0.5) is 0 Å². The maximum absolute atomic E-state index is 3.25. The summed E-state index contributed by atoms with van der Waals surface area (Å²) in [7, 11) is -0.446. The van der Waals surface area contributed by atoms with Crippen molar-refractivity contribution in [2.75, 3.05) is 0 Å². The molecule has 0 aliphatic carbocycles. The summed E-state index contributed by atoms with van der Waals surface area (Å²) in [5.74, 6) is 0. The van der Waals surface area contributed by atoms with Crippen LogP contribution in [0, 0.1) is 6.92 Å². The molecule has 3 rings (SSSR count). The summed E-state index contributed by atoms with van der Waals surface area (Å²) in [6.45, 7) is 6.50. The predicted molar refractivity (Wildman–Crippen MR) is 116 cm³/mol.